The Hall–Kier alpha value is -2.67. The number of amides is 1. The summed E-state index contributed by atoms with van der Waals surface area (Å²) in [5.41, 5.74) is 3.30. The molecular formula is C22H24FNO4S. The molecule has 0 heterocycles. The fourth-order valence-electron chi connectivity index (χ4n) is 2.61. The van der Waals surface area contributed by atoms with Crippen LogP contribution in [0.5, 0.6) is 0 Å². The third-order valence-corrected chi connectivity index (χ3v) is 4.99. The molecule has 0 bridgehead atoms. The average molecular weight is 418 g/mol. The highest BCUT2D eigenvalue weighted by Crippen LogP contribution is 2.16. The van der Waals surface area contributed by atoms with Crippen molar-refractivity contribution in [2.24, 2.45) is 0 Å². The zero-order valence-corrected chi connectivity index (χ0v) is 17.3. The SMILES string of the molecule is Cc1ccc(NC(=O)CSCC(=O)OCCCC(=O)c2ccc(F)cc2)c(C)c1. The van der Waals surface area contributed by atoms with Crippen LogP contribution >= 0.6 is 11.8 Å². The molecule has 2 aromatic rings. The van der Waals surface area contributed by atoms with E-state index in [4.69, 9.17) is 4.74 Å². The molecule has 0 spiro atoms. The monoisotopic (exact) mass is 417 g/mol. The van der Waals surface area contributed by atoms with Gasteiger partial charge in [0.15, 0.2) is 5.78 Å². The standard InChI is InChI=1S/C22H24FNO4S/c1-15-5-10-19(16(2)12-15)24-21(26)13-29-14-22(27)28-11-3-4-20(25)17-6-8-18(23)9-7-17/h5-10,12H,3-4,11,13-14H2,1-2H3,(H,24,26). The quantitative estimate of drug-likeness (QED) is 0.354. The minimum absolute atomic E-state index is 0.0617. The number of halogens is 1. The first-order chi connectivity index (χ1) is 13.8. The number of esters is 1. The first kappa shape index (κ1) is 22.6. The van der Waals surface area contributed by atoms with E-state index in [9.17, 15) is 18.8 Å². The predicted octanol–water partition coefficient (Wildman–Crippen LogP) is 4.32. The molecule has 0 saturated carbocycles. The average Bonchev–Trinajstić information content (AvgIpc) is 2.68. The molecule has 0 unspecified atom stereocenters. The van der Waals surface area contributed by atoms with E-state index in [0.29, 0.717) is 12.0 Å². The number of aryl methyl sites for hydroxylation is 2. The molecule has 0 aliphatic carbocycles. The molecule has 0 fully saturated rings. The van der Waals surface area contributed by atoms with E-state index in [2.05, 4.69) is 5.32 Å². The summed E-state index contributed by atoms with van der Waals surface area (Å²) >= 11 is 1.17. The van der Waals surface area contributed by atoms with Crippen molar-refractivity contribution < 1.29 is 23.5 Å². The van der Waals surface area contributed by atoms with Gasteiger partial charge in [0.2, 0.25) is 5.91 Å². The molecule has 0 radical (unpaired) electrons. The molecule has 1 N–H and O–H groups in total. The lowest BCUT2D eigenvalue weighted by Crippen LogP contribution is -2.17. The van der Waals surface area contributed by atoms with Gasteiger partial charge in [-0.05, 0) is 56.2 Å². The third kappa shape index (κ3) is 8.07. The minimum atomic E-state index is -0.427. The van der Waals surface area contributed by atoms with Gasteiger partial charge in [-0.3, -0.25) is 14.4 Å². The molecular weight excluding hydrogens is 393 g/mol. The van der Waals surface area contributed by atoms with Crippen molar-refractivity contribution >= 4 is 35.1 Å². The number of Topliss-reactive ketones (excluding diaryl/α,β-unsaturated/α-hetero) is 1. The number of thioether (sulfide) groups is 1. The Bertz CT molecular complexity index is 868. The van der Waals surface area contributed by atoms with Gasteiger partial charge >= 0.3 is 5.97 Å². The topological polar surface area (TPSA) is 72.5 Å². The molecule has 0 saturated heterocycles. The number of carbonyl (C=O) groups excluding carboxylic acids is 3. The van der Waals surface area contributed by atoms with Gasteiger partial charge < -0.3 is 10.1 Å². The van der Waals surface area contributed by atoms with E-state index in [-0.39, 0.29) is 36.2 Å². The van der Waals surface area contributed by atoms with Crippen molar-refractivity contribution in [2.75, 3.05) is 23.4 Å². The summed E-state index contributed by atoms with van der Waals surface area (Å²) in [4.78, 5) is 35.6. The summed E-state index contributed by atoms with van der Waals surface area (Å²) < 4.78 is 17.9. The van der Waals surface area contributed by atoms with Crippen LogP contribution in [0.15, 0.2) is 42.5 Å². The second-order valence-corrected chi connectivity index (χ2v) is 7.60. The third-order valence-electron chi connectivity index (χ3n) is 4.09. The van der Waals surface area contributed by atoms with Crippen LogP contribution in [-0.2, 0) is 14.3 Å². The molecule has 7 heteroatoms. The maximum Gasteiger partial charge on any atom is 0.315 e. The number of hydrogen-bond acceptors (Lipinski definition) is 5. The van der Waals surface area contributed by atoms with Gasteiger partial charge in [-0.25, -0.2) is 4.39 Å². The van der Waals surface area contributed by atoms with Crippen molar-refractivity contribution in [3.63, 3.8) is 0 Å². The Morgan fingerprint density at radius 1 is 1.03 bits per heavy atom. The van der Waals surface area contributed by atoms with Crippen LogP contribution in [0.1, 0.15) is 34.3 Å². The molecule has 0 aliphatic rings. The number of nitrogens with one attached hydrogen (secondary N) is 1. The number of ketones is 1. The Balaban J connectivity index is 1.59. The van der Waals surface area contributed by atoms with Crippen molar-refractivity contribution in [3.05, 3.63) is 65.0 Å². The van der Waals surface area contributed by atoms with E-state index in [1.807, 2.05) is 32.0 Å². The maximum absolute atomic E-state index is 12.8. The van der Waals surface area contributed by atoms with Gasteiger partial charge in [0.05, 0.1) is 18.1 Å². The molecule has 154 valence electrons. The number of carbonyl (C=O) groups is 3. The van der Waals surface area contributed by atoms with Crippen molar-refractivity contribution in [1.29, 1.82) is 0 Å². The predicted molar refractivity (Wildman–Crippen MR) is 113 cm³/mol. The van der Waals surface area contributed by atoms with Crippen LogP contribution in [0.3, 0.4) is 0 Å². The zero-order chi connectivity index (χ0) is 21.2. The largest absolute Gasteiger partial charge is 0.465 e. The lowest BCUT2D eigenvalue weighted by Gasteiger charge is -2.09. The Labute approximate surface area is 174 Å². The van der Waals surface area contributed by atoms with Crippen LogP contribution in [-0.4, -0.2) is 35.8 Å². The highest BCUT2D eigenvalue weighted by molar-refractivity contribution is 8.00. The molecule has 1 amide bonds. The first-order valence-electron chi connectivity index (χ1n) is 9.24. The molecule has 0 aromatic heterocycles. The van der Waals surface area contributed by atoms with E-state index in [1.165, 1.54) is 36.0 Å². The van der Waals surface area contributed by atoms with Gasteiger partial charge in [-0.2, -0.15) is 0 Å². The fraction of sp³-hybridized carbons (Fsp3) is 0.318. The summed E-state index contributed by atoms with van der Waals surface area (Å²) in [5, 5.41) is 2.82. The van der Waals surface area contributed by atoms with Gasteiger partial charge in [-0.1, -0.05) is 17.7 Å². The van der Waals surface area contributed by atoms with Crippen LogP contribution in [0.2, 0.25) is 0 Å². The van der Waals surface area contributed by atoms with E-state index in [1.54, 1.807) is 0 Å². The Kier molecular flexibility index (Phi) is 8.86. The van der Waals surface area contributed by atoms with Crippen LogP contribution < -0.4 is 5.32 Å². The van der Waals surface area contributed by atoms with E-state index >= 15 is 0 Å². The summed E-state index contributed by atoms with van der Waals surface area (Å²) in [6.07, 6.45) is 0.601. The van der Waals surface area contributed by atoms with Gasteiger partial charge in [0.25, 0.3) is 0 Å². The molecule has 0 atom stereocenters. The highest BCUT2D eigenvalue weighted by Gasteiger charge is 2.10. The number of hydrogen-bond donors (Lipinski definition) is 1. The Morgan fingerprint density at radius 2 is 1.76 bits per heavy atom. The number of benzene rings is 2. The smallest absolute Gasteiger partial charge is 0.315 e. The number of rotatable bonds is 10. The van der Waals surface area contributed by atoms with Crippen LogP contribution in [0.4, 0.5) is 10.1 Å². The fourth-order valence-corrected chi connectivity index (χ4v) is 3.22. The summed E-state index contributed by atoms with van der Waals surface area (Å²) in [5.74, 6) is -0.921. The Morgan fingerprint density at radius 3 is 2.45 bits per heavy atom. The molecule has 5 nitrogen and oxygen atoms in total. The summed E-state index contributed by atoms with van der Waals surface area (Å²) in [7, 11) is 0. The van der Waals surface area contributed by atoms with Crippen molar-refractivity contribution in [2.45, 2.75) is 26.7 Å². The van der Waals surface area contributed by atoms with Gasteiger partial charge in [0, 0.05) is 17.7 Å². The summed E-state index contributed by atoms with van der Waals surface area (Å²) in [6, 6.07) is 11.1. The minimum Gasteiger partial charge on any atom is -0.465 e. The van der Waals surface area contributed by atoms with E-state index < -0.39 is 11.8 Å². The lowest BCUT2D eigenvalue weighted by atomic mass is 10.1. The summed E-state index contributed by atoms with van der Waals surface area (Å²) in [6.45, 7) is 4.04. The zero-order valence-electron chi connectivity index (χ0n) is 16.5. The molecule has 2 rings (SSSR count). The van der Waals surface area contributed by atoms with Gasteiger partial charge in [0.1, 0.15) is 5.82 Å². The molecule has 29 heavy (non-hydrogen) atoms. The number of ether oxygens (including phenoxy) is 1. The molecule has 2 aromatic carbocycles. The second-order valence-electron chi connectivity index (χ2n) is 6.61. The maximum atomic E-state index is 12.8. The lowest BCUT2D eigenvalue weighted by molar-refractivity contribution is -0.140. The highest BCUT2D eigenvalue weighted by atomic mass is 32.2. The second kappa shape index (κ2) is 11.4. The van der Waals surface area contributed by atoms with Gasteiger partial charge in [-0.15, -0.1) is 11.8 Å². The first-order valence-corrected chi connectivity index (χ1v) is 10.4. The normalized spacial score (nSPS) is 10.4. The number of anilines is 1. The van der Waals surface area contributed by atoms with Crippen LogP contribution in [0, 0.1) is 19.7 Å². The van der Waals surface area contributed by atoms with Crippen molar-refractivity contribution in [1.82, 2.24) is 0 Å². The van der Waals surface area contributed by atoms with E-state index in [0.717, 1.165) is 16.8 Å². The van der Waals surface area contributed by atoms with Crippen molar-refractivity contribution in [3.8, 4) is 0 Å². The van der Waals surface area contributed by atoms with Crippen LogP contribution in [0.25, 0.3) is 0 Å². The molecule has 0 aliphatic heterocycles.